The monoisotopic (exact) mass is 615 g/mol. The van der Waals surface area contributed by atoms with Gasteiger partial charge in [0.2, 0.25) is 22.6 Å². The Bertz CT molecular complexity index is 1390. The molecule has 1 aromatic carbocycles. The van der Waals surface area contributed by atoms with Gasteiger partial charge in [0.05, 0.1) is 13.1 Å². The van der Waals surface area contributed by atoms with E-state index in [4.69, 9.17) is 23.1 Å². The molecule has 21 heteroatoms. The molecule has 0 aliphatic carbocycles. The molecule has 0 aromatic heterocycles. The van der Waals surface area contributed by atoms with Crippen LogP contribution in [0.4, 0.5) is 4.79 Å². The second-order valence-electron chi connectivity index (χ2n) is 8.37. The Morgan fingerprint density at radius 2 is 1.85 bits per heavy atom. The van der Waals surface area contributed by atoms with Crippen LogP contribution in [0.3, 0.4) is 0 Å². The van der Waals surface area contributed by atoms with Crippen LogP contribution >= 0.6 is 23.4 Å². The molecule has 2 unspecified atom stereocenters. The summed E-state index contributed by atoms with van der Waals surface area (Å²) in [5.74, 6) is -5.79. The molecule has 8 N–H and O–H groups in total. The van der Waals surface area contributed by atoms with Crippen LogP contribution in [0.1, 0.15) is 10.8 Å². The molecule has 0 spiro atoms. The van der Waals surface area contributed by atoms with Gasteiger partial charge in [-0.2, -0.15) is 0 Å². The fourth-order valence-electron chi connectivity index (χ4n) is 4.32. The Hall–Kier alpha value is -2.68. The van der Waals surface area contributed by atoms with Crippen molar-refractivity contribution in [2.45, 2.75) is 21.5 Å². The van der Waals surface area contributed by atoms with Crippen LogP contribution in [-0.2, 0) is 24.5 Å². The van der Waals surface area contributed by atoms with E-state index in [0.29, 0.717) is 17.8 Å². The molecule has 1 aromatic rings. The Morgan fingerprint density at radius 1 is 1.23 bits per heavy atom. The van der Waals surface area contributed by atoms with Gasteiger partial charge in [0.15, 0.2) is 16.7 Å². The molecule has 3 aliphatic heterocycles. The van der Waals surface area contributed by atoms with Gasteiger partial charge in [-0.1, -0.05) is 23.4 Å². The van der Waals surface area contributed by atoms with E-state index in [9.17, 15) is 47.5 Å². The van der Waals surface area contributed by atoms with Crippen LogP contribution in [0.25, 0.3) is 0 Å². The number of nitrogens with zero attached hydrogens (tertiary/aromatic N) is 4. The maximum Gasteiger partial charge on any atom is 1.00 e. The number of carboxylic acids is 1. The predicted molar refractivity (Wildman–Crippen MR) is 127 cm³/mol. The number of nitrogens with two attached hydrogens (primary N) is 2. The average Bonchev–Trinajstić information content (AvgIpc) is 3.34. The molecule has 39 heavy (non-hydrogen) atoms. The van der Waals surface area contributed by atoms with Crippen molar-refractivity contribution in [3.8, 4) is 11.5 Å². The first kappa shape index (κ1) is 30.9. The number of guanidine groups is 1. The van der Waals surface area contributed by atoms with Crippen molar-refractivity contribution >= 4 is 63.3 Å². The Kier molecular flexibility index (Phi) is 8.47. The minimum atomic E-state index is -5.47. The molecule has 4 atom stereocenters. The molecule has 4 rings (SSSR count). The number of amides is 4. The maximum absolute atomic E-state index is 12.9. The summed E-state index contributed by atoms with van der Waals surface area (Å²) in [5.41, 5.74) is 9.92. The Morgan fingerprint density at radius 3 is 2.41 bits per heavy atom. The normalized spacial score (nSPS) is 24.9. The smallest absolute Gasteiger partial charge is 0.747 e. The molecular formula is C18H19ClN7NaO10S2. The van der Waals surface area contributed by atoms with Crippen molar-refractivity contribution in [3.05, 3.63) is 22.7 Å². The molecule has 3 fully saturated rings. The quantitative estimate of drug-likeness (QED) is 0.0417. The fourth-order valence-corrected chi connectivity index (χ4v) is 7.13. The number of β-lactam (4-membered cyclic amide) rings is 1. The molecule has 3 heterocycles. The van der Waals surface area contributed by atoms with Crippen molar-refractivity contribution < 1.29 is 77.0 Å². The zero-order valence-corrected chi connectivity index (χ0v) is 24.2. The van der Waals surface area contributed by atoms with E-state index in [-0.39, 0.29) is 42.6 Å². The third-order valence-corrected chi connectivity index (χ3v) is 9.09. The number of nitrogens with one attached hydrogen (secondary N) is 1. The summed E-state index contributed by atoms with van der Waals surface area (Å²) in [6.07, 6.45) is 0. The molecule has 0 saturated carbocycles. The number of aromatic hydroxyl groups is 2. The first-order valence-electron chi connectivity index (χ1n) is 10.5. The number of phenolic OH excluding ortho intramolecular Hbond substituents is 2. The first-order valence-corrected chi connectivity index (χ1v) is 13.2. The molecule has 17 nitrogen and oxygen atoms in total. The Labute approximate surface area is 251 Å². The number of benzene rings is 1. The minimum Gasteiger partial charge on any atom is -0.747 e. The van der Waals surface area contributed by atoms with E-state index in [2.05, 4.69) is 10.4 Å². The van der Waals surface area contributed by atoms with Gasteiger partial charge in [0.25, 0.3) is 0 Å². The van der Waals surface area contributed by atoms with Crippen molar-refractivity contribution in [2.24, 2.45) is 16.6 Å². The number of rotatable bonds is 7. The van der Waals surface area contributed by atoms with Crippen LogP contribution in [0.15, 0.2) is 17.2 Å². The molecule has 206 valence electrons. The van der Waals surface area contributed by atoms with Crippen LogP contribution in [0, 0.1) is 0 Å². The number of carbonyl (C=O) groups is 4. The molecule has 0 bridgehead atoms. The van der Waals surface area contributed by atoms with Gasteiger partial charge < -0.3 is 41.6 Å². The number of hydrogen-bond donors (Lipinski definition) is 6. The van der Waals surface area contributed by atoms with E-state index < -0.39 is 90.1 Å². The third-order valence-electron chi connectivity index (χ3n) is 6.04. The number of phenols is 2. The summed E-state index contributed by atoms with van der Waals surface area (Å²) in [7, 11) is -5.47. The summed E-state index contributed by atoms with van der Waals surface area (Å²) >= 11 is 6.53. The second kappa shape index (κ2) is 10.7. The van der Waals surface area contributed by atoms with E-state index in [0.717, 1.165) is 20.9 Å². The summed E-state index contributed by atoms with van der Waals surface area (Å²) in [4.78, 5) is 50.9. The van der Waals surface area contributed by atoms with Gasteiger partial charge in [0, 0.05) is 23.2 Å². The number of urea groups is 1. The van der Waals surface area contributed by atoms with Crippen LogP contribution < -0.4 is 46.3 Å². The number of fused-ring (bicyclic) bond motifs is 1. The van der Waals surface area contributed by atoms with Crippen LogP contribution in [0.2, 0.25) is 5.02 Å². The van der Waals surface area contributed by atoms with E-state index >= 15 is 0 Å². The second-order valence-corrected chi connectivity index (χ2v) is 11.6. The van der Waals surface area contributed by atoms with E-state index in [1.807, 2.05) is 0 Å². The molecule has 0 radical (unpaired) electrons. The number of carboxylic acid groups (broad SMARTS) is 1. The number of hydrogen-bond acceptors (Lipinski definition) is 11. The SMILES string of the molecule is NC(N)=NN1CCN([C@]2(C(=O)O)CN3C(=O)C(NC(=O)[C@@H](c4cc(O)c(O)cc4Cl)S(=O)(=O)[O-])C3S2)C1=O.[Na+]. The third kappa shape index (κ3) is 5.26. The summed E-state index contributed by atoms with van der Waals surface area (Å²) in [5, 5.41) is 31.8. The predicted octanol–water partition coefficient (Wildman–Crippen LogP) is -5.55. The summed E-state index contributed by atoms with van der Waals surface area (Å²) in [6, 6.07) is -0.967. The Balaban J connectivity index is 0.00000420. The minimum absolute atomic E-state index is 0. The summed E-state index contributed by atoms with van der Waals surface area (Å²) < 4.78 is 35.9. The average molecular weight is 616 g/mol. The number of aliphatic carboxylic acids is 1. The van der Waals surface area contributed by atoms with Gasteiger partial charge in [-0.15, -0.1) is 5.10 Å². The standard InChI is InChI=1S/C18H20ClN7O10S2.Na/c19-7-4-9(28)8(27)3-6(7)11(38(34,35)36)12(29)22-10-13(30)24-5-18(15(31)32,37-14(10)24)25-1-2-26(17(25)33)23-16(20)21;/h3-4,10-11,14,27-28H,1-2,5H2,(H,22,29)(H,31,32)(H4,20,21,23)(H,34,35,36);/q;+1/p-1/t10?,11-,14?,18-;/m1./s1. The van der Waals surface area contributed by atoms with Gasteiger partial charge in [0.1, 0.15) is 21.5 Å². The molecule has 3 aliphatic rings. The zero-order chi connectivity index (χ0) is 28.3. The molecule has 3 saturated heterocycles. The number of carbonyl (C=O) groups excluding carboxylic acids is 3. The number of halogens is 1. The van der Waals surface area contributed by atoms with Gasteiger partial charge >= 0.3 is 41.6 Å². The molecular weight excluding hydrogens is 597 g/mol. The van der Waals surface area contributed by atoms with Gasteiger partial charge in [-0.05, 0) is 6.07 Å². The van der Waals surface area contributed by atoms with Gasteiger partial charge in [-0.25, -0.2) is 23.0 Å². The first-order chi connectivity index (χ1) is 17.6. The van der Waals surface area contributed by atoms with Crippen molar-refractivity contribution in [2.75, 3.05) is 19.6 Å². The molecule has 4 amide bonds. The largest absolute Gasteiger partial charge is 1.00 e. The maximum atomic E-state index is 12.9. The van der Waals surface area contributed by atoms with Crippen molar-refractivity contribution in [1.29, 1.82) is 0 Å². The summed E-state index contributed by atoms with van der Waals surface area (Å²) in [6.45, 7) is -0.625. The van der Waals surface area contributed by atoms with Crippen molar-refractivity contribution in [3.63, 3.8) is 0 Å². The number of thioether (sulfide) groups is 1. The topological polar surface area (TPSA) is 272 Å². The van der Waals surface area contributed by atoms with Crippen LogP contribution in [0.5, 0.6) is 11.5 Å². The van der Waals surface area contributed by atoms with E-state index in [1.54, 1.807) is 0 Å². The fraction of sp³-hybridized carbons (Fsp3) is 0.389. The van der Waals surface area contributed by atoms with E-state index in [1.165, 1.54) is 0 Å². The van der Waals surface area contributed by atoms with Gasteiger partial charge in [-0.3, -0.25) is 14.5 Å². The zero-order valence-electron chi connectivity index (χ0n) is 19.8. The van der Waals surface area contributed by atoms with Crippen molar-refractivity contribution in [1.82, 2.24) is 20.1 Å². The van der Waals surface area contributed by atoms with Crippen LogP contribution in [-0.4, -0.2) is 109 Å². The number of hydrazone groups is 1.